The summed E-state index contributed by atoms with van der Waals surface area (Å²) in [4.78, 5) is 15.5. The Labute approximate surface area is 154 Å². The number of rotatable bonds is 6. The van der Waals surface area contributed by atoms with Crippen LogP contribution in [0.5, 0.6) is 5.75 Å². The SMILES string of the molecule is O=C1NCC(COc2cccc3c(NCc4ccco4)cc(Cl)nc23)O1. The summed E-state index contributed by atoms with van der Waals surface area (Å²) in [6, 6.07) is 11.1. The van der Waals surface area contributed by atoms with Gasteiger partial charge in [0.25, 0.3) is 0 Å². The van der Waals surface area contributed by atoms with Crippen LogP contribution in [0.4, 0.5) is 10.5 Å². The van der Waals surface area contributed by atoms with Gasteiger partial charge in [0, 0.05) is 11.1 Å². The third-order valence-corrected chi connectivity index (χ3v) is 4.17. The minimum absolute atomic E-state index is 0.237. The number of furan rings is 1. The van der Waals surface area contributed by atoms with Gasteiger partial charge in [0.1, 0.15) is 28.8 Å². The lowest BCUT2D eigenvalue weighted by atomic mass is 10.1. The monoisotopic (exact) mass is 373 g/mol. The molecule has 1 saturated heterocycles. The van der Waals surface area contributed by atoms with Crippen LogP contribution >= 0.6 is 11.6 Å². The van der Waals surface area contributed by atoms with Gasteiger partial charge in [0.15, 0.2) is 6.10 Å². The van der Waals surface area contributed by atoms with Crippen LogP contribution in [0, 0.1) is 0 Å². The Kier molecular flexibility index (Phi) is 4.53. The Bertz CT molecular complexity index is 930. The second-order valence-electron chi connectivity index (χ2n) is 5.80. The second kappa shape index (κ2) is 7.13. The number of para-hydroxylation sites is 1. The topological polar surface area (TPSA) is 85.6 Å². The molecule has 26 heavy (non-hydrogen) atoms. The van der Waals surface area contributed by atoms with Crippen molar-refractivity contribution >= 4 is 34.3 Å². The van der Waals surface area contributed by atoms with Gasteiger partial charge in [-0.25, -0.2) is 9.78 Å². The maximum atomic E-state index is 11.1. The fourth-order valence-electron chi connectivity index (χ4n) is 2.76. The number of cyclic esters (lactones) is 1. The third kappa shape index (κ3) is 3.52. The number of pyridine rings is 1. The molecule has 8 heteroatoms. The average molecular weight is 374 g/mol. The molecule has 1 aromatic carbocycles. The Hall–Kier alpha value is -2.93. The van der Waals surface area contributed by atoms with Gasteiger partial charge in [-0.2, -0.15) is 0 Å². The fraction of sp³-hybridized carbons (Fsp3) is 0.222. The number of carbonyl (C=O) groups excluding carboxylic acids is 1. The van der Waals surface area contributed by atoms with Crippen molar-refractivity contribution in [1.29, 1.82) is 0 Å². The molecular weight excluding hydrogens is 358 g/mol. The summed E-state index contributed by atoms with van der Waals surface area (Å²) in [7, 11) is 0. The number of anilines is 1. The highest BCUT2D eigenvalue weighted by Crippen LogP contribution is 2.32. The quantitative estimate of drug-likeness (QED) is 0.642. The van der Waals surface area contributed by atoms with Gasteiger partial charge in [-0.1, -0.05) is 23.7 Å². The van der Waals surface area contributed by atoms with Crippen molar-refractivity contribution in [2.24, 2.45) is 0 Å². The lowest BCUT2D eigenvalue weighted by molar-refractivity contribution is 0.105. The number of nitrogens with one attached hydrogen (secondary N) is 2. The molecule has 0 bridgehead atoms. The van der Waals surface area contributed by atoms with E-state index in [9.17, 15) is 4.79 Å². The van der Waals surface area contributed by atoms with Crippen molar-refractivity contribution < 1.29 is 18.7 Å². The zero-order valence-corrected chi connectivity index (χ0v) is 14.5. The number of carbonyl (C=O) groups is 1. The van der Waals surface area contributed by atoms with Crippen LogP contribution in [0.15, 0.2) is 47.1 Å². The van der Waals surface area contributed by atoms with Crippen LogP contribution in [0.3, 0.4) is 0 Å². The first-order valence-corrected chi connectivity index (χ1v) is 8.49. The Balaban J connectivity index is 1.57. The number of hydrogen-bond donors (Lipinski definition) is 2. The number of alkyl carbamates (subject to hydrolysis) is 1. The molecule has 0 spiro atoms. The number of aromatic nitrogens is 1. The molecule has 1 aliphatic heterocycles. The van der Waals surface area contributed by atoms with Crippen molar-refractivity contribution in [3.8, 4) is 5.75 Å². The first-order valence-electron chi connectivity index (χ1n) is 8.12. The Morgan fingerprint density at radius 1 is 1.35 bits per heavy atom. The molecular formula is C18H16ClN3O4. The summed E-state index contributed by atoms with van der Waals surface area (Å²) >= 11 is 6.19. The molecule has 1 amide bonds. The number of benzene rings is 1. The molecule has 2 N–H and O–H groups in total. The van der Waals surface area contributed by atoms with E-state index in [0.29, 0.717) is 29.5 Å². The van der Waals surface area contributed by atoms with Crippen molar-refractivity contribution in [1.82, 2.24) is 10.3 Å². The van der Waals surface area contributed by atoms with E-state index in [-0.39, 0.29) is 12.7 Å². The predicted molar refractivity (Wildman–Crippen MR) is 96.6 cm³/mol. The van der Waals surface area contributed by atoms with E-state index in [0.717, 1.165) is 16.8 Å². The molecule has 134 valence electrons. The second-order valence-corrected chi connectivity index (χ2v) is 6.18. The van der Waals surface area contributed by atoms with Gasteiger partial charge >= 0.3 is 6.09 Å². The maximum Gasteiger partial charge on any atom is 0.407 e. The van der Waals surface area contributed by atoms with E-state index in [2.05, 4.69) is 15.6 Å². The van der Waals surface area contributed by atoms with Gasteiger partial charge < -0.3 is 24.5 Å². The van der Waals surface area contributed by atoms with Crippen molar-refractivity contribution in [2.45, 2.75) is 12.6 Å². The van der Waals surface area contributed by atoms with E-state index in [1.807, 2.05) is 30.3 Å². The van der Waals surface area contributed by atoms with Gasteiger partial charge in [-0.3, -0.25) is 0 Å². The fourth-order valence-corrected chi connectivity index (χ4v) is 2.95. The summed E-state index contributed by atoms with van der Waals surface area (Å²) in [5.74, 6) is 1.39. The molecule has 4 rings (SSSR count). The van der Waals surface area contributed by atoms with Crippen molar-refractivity contribution in [2.75, 3.05) is 18.5 Å². The van der Waals surface area contributed by atoms with Crippen LogP contribution in [0.1, 0.15) is 5.76 Å². The average Bonchev–Trinajstić information content (AvgIpc) is 3.29. The van der Waals surface area contributed by atoms with E-state index in [1.54, 1.807) is 12.3 Å². The van der Waals surface area contributed by atoms with Crippen LogP contribution in [0.2, 0.25) is 5.15 Å². The van der Waals surface area contributed by atoms with Crippen LogP contribution in [-0.2, 0) is 11.3 Å². The number of fused-ring (bicyclic) bond motifs is 1. The van der Waals surface area contributed by atoms with E-state index in [1.165, 1.54) is 0 Å². The number of ether oxygens (including phenoxy) is 2. The largest absolute Gasteiger partial charge is 0.487 e. The molecule has 3 heterocycles. The molecule has 7 nitrogen and oxygen atoms in total. The molecule has 0 saturated carbocycles. The molecule has 3 aromatic rings. The van der Waals surface area contributed by atoms with Crippen LogP contribution in [0.25, 0.3) is 10.9 Å². The van der Waals surface area contributed by atoms with Gasteiger partial charge in [0.05, 0.1) is 19.4 Å². The maximum absolute atomic E-state index is 11.1. The van der Waals surface area contributed by atoms with Crippen LogP contribution < -0.4 is 15.4 Å². The smallest absolute Gasteiger partial charge is 0.407 e. The first-order chi connectivity index (χ1) is 12.7. The standard InChI is InChI=1S/C18H16ClN3O4/c19-16-7-14(20-8-11-3-2-6-24-11)13-4-1-5-15(17(13)22-16)25-10-12-9-21-18(23)26-12/h1-7,12H,8-10H2,(H,20,22)(H,21,23). The molecule has 1 aliphatic rings. The van der Waals surface area contributed by atoms with E-state index >= 15 is 0 Å². The van der Waals surface area contributed by atoms with Gasteiger partial charge in [-0.05, 0) is 24.3 Å². The molecule has 1 unspecified atom stereocenters. The summed E-state index contributed by atoms with van der Waals surface area (Å²) in [5, 5.41) is 7.13. The Morgan fingerprint density at radius 2 is 2.27 bits per heavy atom. The normalized spacial score (nSPS) is 16.3. The molecule has 0 radical (unpaired) electrons. The van der Waals surface area contributed by atoms with Crippen molar-refractivity contribution in [3.05, 3.63) is 53.6 Å². The van der Waals surface area contributed by atoms with E-state index in [4.69, 9.17) is 25.5 Å². The summed E-state index contributed by atoms with van der Waals surface area (Å²) in [6.45, 7) is 1.19. The van der Waals surface area contributed by atoms with E-state index < -0.39 is 6.09 Å². The summed E-state index contributed by atoms with van der Waals surface area (Å²) in [6.07, 6.45) is 0.876. The highest BCUT2D eigenvalue weighted by molar-refractivity contribution is 6.30. The molecule has 0 aliphatic carbocycles. The highest BCUT2D eigenvalue weighted by Gasteiger charge is 2.23. The Morgan fingerprint density at radius 3 is 3.04 bits per heavy atom. The zero-order valence-electron chi connectivity index (χ0n) is 13.7. The number of nitrogens with zero attached hydrogens (tertiary/aromatic N) is 1. The third-order valence-electron chi connectivity index (χ3n) is 3.98. The molecule has 2 aromatic heterocycles. The van der Waals surface area contributed by atoms with Gasteiger partial charge in [-0.15, -0.1) is 0 Å². The summed E-state index contributed by atoms with van der Waals surface area (Å²) < 4.78 is 16.2. The number of halogens is 1. The molecule has 1 atom stereocenters. The number of hydrogen-bond acceptors (Lipinski definition) is 6. The highest BCUT2D eigenvalue weighted by atomic mass is 35.5. The van der Waals surface area contributed by atoms with Crippen molar-refractivity contribution in [3.63, 3.8) is 0 Å². The minimum atomic E-state index is -0.429. The zero-order chi connectivity index (χ0) is 17.9. The minimum Gasteiger partial charge on any atom is -0.487 e. The summed E-state index contributed by atoms with van der Waals surface area (Å²) in [5.41, 5.74) is 1.47. The van der Waals surface area contributed by atoms with Crippen LogP contribution in [-0.4, -0.2) is 30.3 Å². The predicted octanol–water partition coefficient (Wildman–Crippen LogP) is 3.58. The lowest BCUT2D eigenvalue weighted by Gasteiger charge is -2.14. The lowest BCUT2D eigenvalue weighted by Crippen LogP contribution is -2.22. The first kappa shape index (κ1) is 16.5. The number of amides is 1. The molecule has 1 fully saturated rings. The van der Waals surface area contributed by atoms with Gasteiger partial charge in [0.2, 0.25) is 0 Å².